The lowest BCUT2D eigenvalue weighted by Crippen LogP contribution is -2.45. The first-order valence-corrected chi connectivity index (χ1v) is 9.16. The molecule has 0 amide bonds. The van der Waals surface area contributed by atoms with E-state index in [4.69, 9.17) is 4.74 Å². The zero-order valence-electron chi connectivity index (χ0n) is 15.1. The second kappa shape index (κ2) is 6.90. The summed E-state index contributed by atoms with van der Waals surface area (Å²) in [5, 5.41) is 3.03. The molecule has 7 heteroatoms. The minimum atomic E-state index is -0.0346. The Balaban J connectivity index is 1.50. The van der Waals surface area contributed by atoms with E-state index in [2.05, 4.69) is 19.9 Å². The van der Waals surface area contributed by atoms with Crippen LogP contribution >= 0.6 is 0 Å². The van der Waals surface area contributed by atoms with Crippen LogP contribution in [0.25, 0.3) is 5.65 Å². The molecule has 0 aliphatic carbocycles. The Morgan fingerprint density at radius 3 is 3.00 bits per heavy atom. The van der Waals surface area contributed by atoms with Crippen molar-refractivity contribution in [2.45, 2.75) is 32.4 Å². The van der Waals surface area contributed by atoms with Gasteiger partial charge in [0.2, 0.25) is 0 Å². The highest BCUT2D eigenvalue weighted by atomic mass is 16.5. The highest BCUT2D eigenvalue weighted by molar-refractivity contribution is 5.39. The van der Waals surface area contributed by atoms with Gasteiger partial charge in [-0.1, -0.05) is 0 Å². The third-order valence-corrected chi connectivity index (χ3v) is 5.50. The molecule has 3 fully saturated rings. The standard InChI is InChI=1S/C18H27N5O2/c1-13-7-17-19-15(8-18(24)23(17)20-13)11-21-9-14-3-4-16(12-21)22(10-14)5-6-25-2/h7-8,14,16,20H,3-6,9-12H2,1-2H3/t14-,16+/m0/s1. The van der Waals surface area contributed by atoms with Crippen molar-refractivity contribution >= 4 is 5.65 Å². The molecule has 0 unspecified atom stereocenters. The average Bonchev–Trinajstić information content (AvgIpc) is 2.75. The average molecular weight is 345 g/mol. The molecule has 3 aliphatic rings. The van der Waals surface area contributed by atoms with Crippen LogP contribution in [-0.4, -0.2) is 70.3 Å². The molecule has 136 valence electrons. The van der Waals surface area contributed by atoms with E-state index in [9.17, 15) is 4.79 Å². The van der Waals surface area contributed by atoms with Crippen LogP contribution in [-0.2, 0) is 11.3 Å². The molecule has 2 aromatic heterocycles. The van der Waals surface area contributed by atoms with Gasteiger partial charge in [-0.05, 0) is 25.7 Å². The number of piperidine rings is 1. The van der Waals surface area contributed by atoms with Crippen LogP contribution < -0.4 is 5.56 Å². The first kappa shape index (κ1) is 16.8. The molecule has 2 bridgehead atoms. The topological polar surface area (TPSA) is 65.9 Å². The maximum Gasteiger partial charge on any atom is 0.272 e. The SMILES string of the molecule is COCCN1C[C@H]2CC[C@@H]1CN(Cc1cc(=O)n3[nH]c(C)cc3n1)C2. The van der Waals surface area contributed by atoms with Gasteiger partial charge >= 0.3 is 0 Å². The lowest BCUT2D eigenvalue weighted by atomic mass is 9.95. The number of nitrogens with zero attached hydrogens (tertiary/aromatic N) is 4. The summed E-state index contributed by atoms with van der Waals surface area (Å²) in [6.45, 7) is 7.80. The van der Waals surface area contributed by atoms with E-state index < -0.39 is 0 Å². The maximum absolute atomic E-state index is 12.3. The van der Waals surface area contributed by atoms with Crippen LogP contribution in [0.5, 0.6) is 0 Å². The van der Waals surface area contributed by atoms with Crippen molar-refractivity contribution < 1.29 is 4.74 Å². The van der Waals surface area contributed by atoms with E-state index in [0.717, 1.165) is 50.7 Å². The highest BCUT2D eigenvalue weighted by Gasteiger charge is 2.34. The third kappa shape index (κ3) is 3.49. The van der Waals surface area contributed by atoms with Crippen molar-refractivity contribution in [3.05, 3.63) is 33.9 Å². The molecule has 3 aliphatic heterocycles. The number of nitrogens with one attached hydrogen (secondary N) is 1. The summed E-state index contributed by atoms with van der Waals surface area (Å²) in [6, 6.07) is 4.18. The zero-order chi connectivity index (χ0) is 17.4. The minimum Gasteiger partial charge on any atom is -0.383 e. The van der Waals surface area contributed by atoms with Crippen molar-refractivity contribution in [1.82, 2.24) is 24.4 Å². The number of aryl methyl sites for hydroxylation is 1. The molecule has 5 heterocycles. The van der Waals surface area contributed by atoms with E-state index in [-0.39, 0.29) is 5.56 Å². The Labute approximate surface area is 147 Å². The summed E-state index contributed by atoms with van der Waals surface area (Å²) < 4.78 is 6.78. The fourth-order valence-corrected chi connectivity index (χ4v) is 4.36. The lowest BCUT2D eigenvalue weighted by Gasteiger charge is -2.35. The summed E-state index contributed by atoms with van der Waals surface area (Å²) in [5.41, 5.74) is 2.49. The Bertz CT molecular complexity index is 798. The first-order chi connectivity index (χ1) is 12.1. The van der Waals surface area contributed by atoms with Crippen LogP contribution in [0.3, 0.4) is 0 Å². The second-order valence-electron chi connectivity index (χ2n) is 7.50. The van der Waals surface area contributed by atoms with Crippen molar-refractivity contribution in [3.63, 3.8) is 0 Å². The number of rotatable bonds is 5. The highest BCUT2D eigenvalue weighted by Crippen LogP contribution is 2.28. The van der Waals surface area contributed by atoms with Gasteiger partial charge in [-0.15, -0.1) is 0 Å². The molecule has 5 rings (SSSR count). The Morgan fingerprint density at radius 2 is 2.16 bits per heavy atom. The van der Waals surface area contributed by atoms with Gasteiger partial charge in [-0.25, -0.2) is 9.50 Å². The molecular weight excluding hydrogens is 318 g/mol. The predicted octanol–water partition coefficient (Wildman–Crippen LogP) is 0.874. The lowest BCUT2D eigenvalue weighted by molar-refractivity contribution is 0.0867. The Hall–Kier alpha value is -1.70. The van der Waals surface area contributed by atoms with Crippen molar-refractivity contribution in [2.24, 2.45) is 5.92 Å². The molecule has 2 atom stereocenters. The molecule has 0 spiro atoms. The molecule has 25 heavy (non-hydrogen) atoms. The number of ether oxygens (including phenoxy) is 1. The van der Waals surface area contributed by atoms with Crippen LogP contribution in [0.15, 0.2) is 16.9 Å². The van der Waals surface area contributed by atoms with Gasteiger partial charge < -0.3 is 4.74 Å². The molecule has 0 aromatic carbocycles. The number of hydrogen-bond acceptors (Lipinski definition) is 5. The number of fused-ring (bicyclic) bond motifs is 5. The van der Waals surface area contributed by atoms with Gasteiger partial charge in [0.05, 0.1) is 12.3 Å². The third-order valence-electron chi connectivity index (χ3n) is 5.50. The normalized spacial score (nSPS) is 24.9. The molecule has 1 N–H and O–H groups in total. The van der Waals surface area contributed by atoms with Gasteiger partial charge in [0.25, 0.3) is 5.56 Å². The van der Waals surface area contributed by atoms with Crippen molar-refractivity contribution in [2.75, 3.05) is 39.9 Å². The zero-order valence-corrected chi connectivity index (χ0v) is 15.1. The summed E-state index contributed by atoms with van der Waals surface area (Å²) in [4.78, 5) is 22.0. The van der Waals surface area contributed by atoms with E-state index in [0.29, 0.717) is 17.6 Å². The molecule has 0 radical (unpaired) electrons. The number of hydrogen-bond donors (Lipinski definition) is 1. The number of methoxy groups -OCH3 is 1. The van der Waals surface area contributed by atoms with Crippen LogP contribution in [0.4, 0.5) is 0 Å². The van der Waals surface area contributed by atoms with Gasteiger partial charge in [0, 0.05) is 63.7 Å². The number of aromatic nitrogens is 3. The maximum atomic E-state index is 12.3. The quantitative estimate of drug-likeness (QED) is 0.871. The molecule has 0 saturated carbocycles. The number of aromatic amines is 1. The van der Waals surface area contributed by atoms with Crippen LogP contribution in [0, 0.1) is 12.8 Å². The van der Waals surface area contributed by atoms with Gasteiger partial charge in [0.15, 0.2) is 5.65 Å². The monoisotopic (exact) mass is 345 g/mol. The number of H-pyrrole nitrogens is 1. The minimum absolute atomic E-state index is 0.0346. The fourth-order valence-electron chi connectivity index (χ4n) is 4.36. The Kier molecular flexibility index (Phi) is 4.62. The van der Waals surface area contributed by atoms with Gasteiger partial charge in [-0.3, -0.25) is 19.7 Å². The van der Waals surface area contributed by atoms with E-state index in [1.54, 1.807) is 13.2 Å². The fraction of sp³-hybridized carbons (Fsp3) is 0.667. The molecular formula is C18H27N5O2. The Morgan fingerprint density at radius 1 is 1.28 bits per heavy atom. The van der Waals surface area contributed by atoms with E-state index in [1.807, 2.05) is 13.0 Å². The molecule has 7 nitrogen and oxygen atoms in total. The van der Waals surface area contributed by atoms with Crippen LogP contribution in [0.1, 0.15) is 24.2 Å². The summed E-state index contributed by atoms with van der Waals surface area (Å²) in [6.07, 6.45) is 2.56. The largest absolute Gasteiger partial charge is 0.383 e. The smallest absolute Gasteiger partial charge is 0.272 e. The van der Waals surface area contributed by atoms with Gasteiger partial charge in [0.1, 0.15) is 0 Å². The summed E-state index contributed by atoms with van der Waals surface area (Å²) >= 11 is 0. The molecule has 3 saturated heterocycles. The summed E-state index contributed by atoms with van der Waals surface area (Å²) in [5.74, 6) is 0.704. The van der Waals surface area contributed by atoms with Crippen molar-refractivity contribution in [1.29, 1.82) is 0 Å². The van der Waals surface area contributed by atoms with Crippen LogP contribution in [0.2, 0.25) is 0 Å². The first-order valence-electron chi connectivity index (χ1n) is 9.16. The predicted molar refractivity (Wildman–Crippen MR) is 95.8 cm³/mol. The molecule has 2 aromatic rings. The second-order valence-corrected chi connectivity index (χ2v) is 7.50. The van der Waals surface area contributed by atoms with Gasteiger partial charge in [-0.2, -0.15) is 0 Å². The summed E-state index contributed by atoms with van der Waals surface area (Å²) in [7, 11) is 1.77. The van der Waals surface area contributed by atoms with E-state index in [1.165, 1.54) is 17.4 Å². The van der Waals surface area contributed by atoms with Crippen molar-refractivity contribution in [3.8, 4) is 0 Å². The van der Waals surface area contributed by atoms with E-state index >= 15 is 0 Å².